The fourth-order valence-electron chi connectivity index (χ4n) is 3.26. The van der Waals surface area contributed by atoms with Crippen molar-refractivity contribution >= 4 is 23.0 Å². The maximum absolute atomic E-state index is 5.53. The molecule has 0 aliphatic carbocycles. The minimum Gasteiger partial charge on any atom is -0.356 e. The van der Waals surface area contributed by atoms with Crippen molar-refractivity contribution in [3.05, 3.63) is 64.7 Å². The quantitative estimate of drug-likeness (QED) is 0.660. The highest BCUT2D eigenvalue weighted by atomic mass is 32.1. The molecule has 142 valence electrons. The van der Waals surface area contributed by atoms with Gasteiger partial charge in [0.2, 0.25) is 0 Å². The van der Waals surface area contributed by atoms with Gasteiger partial charge in [-0.25, -0.2) is 0 Å². The minimum absolute atomic E-state index is 0.0682. The molecule has 0 aliphatic rings. The average Bonchev–Trinajstić information content (AvgIpc) is 3.09. The van der Waals surface area contributed by atoms with Gasteiger partial charge in [-0.2, -0.15) is 10.2 Å². The van der Waals surface area contributed by atoms with Crippen LogP contribution in [0.3, 0.4) is 0 Å². The standard InChI is InChI=1S/C20H26N6S/c1-13(18-12-25(5)23-14(18)2)21-20(27)22-19-15(3)24-26(16(19)4)11-17-9-7-6-8-10-17/h6-10,12-13H,11H2,1-5H3,(H2,21,22,27). The SMILES string of the molecule is Cc1nn(C)cc1C(C)NC(=S)Nc1c(C)nn(Cc2ccccc2)c1C. The van der Waals surface area contributed by atoms with Crippen LogP contribution in [0.15, 0.2) is 36.5 Å². The van der Waals surface area contributed by atoms with Crippen LogP contribution in [0.2, 0.25) is 0 Å². The van der Waals surface area contributed by atoms with Gasteiger partial charge in [0.25, 0.3) is 0 Å². The zero-order valence-corrected chi connectivity index (χ0v) is 17.3. The van der Waals surface area contributed by atoms with Gasteiger partial charge >= 0.3 is 0 Å². The molecule has 3 aromatic rings. The number of hydrogen-bond acceptors (Lipinski definition) is 3. The number of nitrogens with one attached hydrogen (secondary N) is 2. The Morgan fingerprint density at radius 2 is 1.81 bits per heavy atom. The van der Waals surface area contributed by atoms with E-state index >= 15 is 0 Å². The predicted octanol–water partition coefficient (Wildman–Crippen LogP) is 3.64. The number of thiocarbonyl (C=S) groups is 1. The van der Waals surface area contributed by atoms with Gasteiger partial charge in [-0.1, -0.05) is 30.3 Å². The summed E-state index contributed by atoms with van der Waals surface area (Å²) in [6.45, 7) is 8.87. The molecule has 0 bridgehead atoms. The zero-order chi connectivity index (χ0) is 19.6. The summed E-state index contributed by atoms with van der Waals surface area (Å²) in [5, 5.41) is 16.3. The summed E-state index contributed by atoms with van der Waals surface area (Å²) >= 11 is 5.53. The second kappa shape index (κ2) is 7.92. The molecule has 3 rings (SSSR count). The molecule has 1 unspecified atom stereocenters. The summed E-state index contributed by atoms with van der Waals surface area (Å²) in [4.78, 5) is 0. The van der Waals surface area contributed by atoms with Crippen molar-refractivity contribution in [3.8, 4) is 0 Å². The molecule has 0 saturated heterocycles. The van der Waals surface area contributed by atoms with Gasteiger partial charge in [-0.15, -0.1) is 0 Å². The highest BCUT2D eigenvalue weighted by molar-refractivity contribution is 7.80. The van der Waals surface area contributed by atoms with Crippen LogP contribution < -0.4 is 10.6 Å². The van der Waals surface area contributed by atoms with Crippen molar-refractivity contribution in [1.29, 1.82) is 0 Å². The van der Waals surface area contributed by atoms with E-state index in [1.165, 1.54) is 5.56 Å². The second-order valence-corrected chi connectivity index (χ2v) is 7.26. The van der Waals surface area contributed by atoms with E-state index in [2.05, 4.69) is 46.8 Å². The molecule has 2 aromatic heterocycles. The molecular formula is C20H26N6S. The van der Waals surface area contributed by atoms with Crippen LogP contribution in [-0.4, -0.2) is 24.7 Å². The van der Waals surface area contributed by atoms with Gasteiger partial charge in [-0.3, -0.25) is 9.36 Å². The van der Waals surface area contributed by atoms with E-state index in [0.29, 0.717) is 5.11 Å². The topological polar surface area (TPSA) is 59.7 Å². The number of aromatic nitrogens is 4. The Labute approximate surface area is 165 Å². The van der Waals surface area contributed by atoms with Crippen molar-refractivity contribution in [1.82, 2.24) is 24.9 Å². The number of rotatable bonds is 5. The molecule has 0 fully saturated rings. The van der Waals surface area contributed by atoms with Crippen molar-refractivity contribution < 1.29 is 0 Å². The van der Waals surface area contributed by atoms with Gasteiger partial charge < -0.3 is 10.6 Å². The molecule has 2 heterocycles. The Kier molecular flexibility index (Phi) is 5.60. The van der Waals surface area contributed by atoms with Gasteiger partial charge in [0.15, 0.2) is 5.11 Å². The third kappa shape index (κ3) is 4.36. The van der Waals surface area contributed by atoms with Crippen LogP contribution in [0.5, 0.6) is 0 Å². The van der Waals surface area contributed by atoms with Crippen molar-refractivity contribution in [3.63, 3.8) is 0 Å². The zero-order valence-electron chi connectivity index (χ0n) is 16.4. The third-order valence-electron chi connectivity index (χ3n) is 4.66. The number of anilines is 1. The van der Waals surface area contributed by atoms with Crippen molar-refractivity contribution in [2.45, 2.75) is 40.3 Å². The van der Waals surface area contributed by atoms with Crippen LogP contribution >= 0.6 is 12.2 Å². The molecule has 0 spiro atoms. The van der Waals surface area contributed by atoms with Crippen LogP contribution in [-0.2, 0) is 13.6 Å². The Bertz CT molecular complexity index is 941. The first-order valence-corrected chi connectivity index (χ1v) is 9.41. The second-order valence-electron chi connectivity index (χ2n) is 6.85. The molecule has 0 amide bonds. The molecule has 6 nitrogen and oxygen atoms in total. The molecule has 1 aromatic carbocycles. The van der Waals surface area contributed by atoms with E-state index in [4.69, 9.17) is 12.2 Å². The Balaban J connectivity index is 1.70. The van der Waals surface area contributed by atoms with E-state index in [9.17, 15) is 0 Å². The fraction of sp³-hybridized carbons (Fsp3) is 0.350. The van der Waals surface area contributed by atoms with Gasteiger partial charge in [-0.05, 0) is 45.5 Å². The summed E-state index contributed by atoms with van der Waals surface area (Å²) in [5.74, 6) is 0. The summed E-state index contributed by atoms with van der Waals surface area (Å²) in [5.41, 5.74) is 6.30. The van der Waals surface area contributed by atoms with Crippen molar-refractivity contribution in [2.24, 2.45) is 7.05 Å². The molecule has 7 heteroatoms. The van der Waals surface area contributed by atoms with E-state index in [1.807, 2.05) is 54.7 Å². The lowest BCUT2D eigenvalue weighted by Crippen LogP contribution is -2.31. The number of benzene rings is 1. The molecule has 0 radical (unpaired) electrons. The van der Waals surface area contributed by atoms with E-state index < -0.39 is 0 Å². The lowest BCUT2D eigenvalue weighted by Gasteiger charge is -2.17. The molecule has 0 saturated carbocycles. The van der Waals surface area contributed by atoms with E-state index in [0.717, 1.165) is 34.9 Å². The van der Waals surface area contributed by atoms with Crippen LogP contribution in [0, 0.1) is 20.8 Å². The summed E-state index contributed by atoms with van der Waals surface area (Å²) in [6.07, 6.45) is 2.02. The number of nitrogens with zero attached hydrogens (tertiary/aromatic N) is 4. The Morgan fingerprint density at radius 1 is 1.11 bits per heavy atom. The van der Waals surface area contributed by atoms with Gasteiger partial charge in [0, 0.05) is 18.8 Å². The van der Waals surface area contributed by atoms with Gasteiger partial charge in [0.05, 0.1) is 35.4 Å². The highest BCUT2D eigenvalue weighted by Gasteiger charge is 2.16. The largest absolute Gasteiger partial charge is 0.356 e. The average molecular weight is 383 g/mol. The van der Waals surface area contributed by atoms with E-state index in [1.54, 1.807) is 0 Å². The monoisotopic (exact) mass is 382 g/mol. The highest BCUT2D eigenvalue weighted by Crippen LogP contribution is 2.21. The van der Waals surface area contributed by atoms with Crippen LogP contribution in [0.25, 0.3) is 0 Å². The maximum atomic E-state index is 5.53. The number of aryl methyl sites for hydroxylation is 3. The molecule has 2 N–H and O–H groups in total. The van der Waals surface area contributed by atoms with E-state index in [-0.39, 0.29) is 6.04 Å². The number of hydrogen-bond donors (Lipinski definition) is 2. The molecular weight excluding hydrogens is 356 g/mol. The third-order valence-corrected chi connectivity index (χ3v) is 4.88. The summed E-state index contributed by atoms with van der Waals surface area (Å²) < 4.78 is 3.82. The predicted molar refractivity (Wildman–Crippen MR) is 113 cm³/mol. The van der Waals surface area contributed by atoms with Crippen LogP contribution in [0.1, 0.15) is 41.2 Å². The summed E-state index contributed by atoms with van der Waals surface area (Å²) in [7, 11) is 1.92. The van der Waals surface area contributed by atoms with Crippen molar-refractivity contribution in [2.75, 3.05) is 5.32 Å². The summed E-state index contributed by atoms with van der Waals surface area (Å²) in [6, 6.07) is 10.4. The fourth-order valence-corrected chi connectivity index (χ4v) is 3.53. The molecule has 27 heavy (non-hydrogen) atoms. The molecule has 1 atom stereocenters. The Morgan fingerprint density at radius 3 is 2.44 bits per heavy atom. The lowest BCUT2D eigenvalue weighted by atomic mass is 10.1. The molecule has 0 aliphatic heterocycles. The first-order valence-electron chi connectivity index (χ1n) is 9.00. The maximum Gasteiger partial charge on any atom is 0.171 e. The minimum atomic E-state index is 0.0682. The lowest BCUT2D eigenvalue weighted by molar-refractivity contribution is 0.659. The van der Waals surface area contributed by atoms with Gasteiger partial charge in [0.1, 0.15) is 0 Å². The smallest absolute Gasteiger partial charge is 0.171 e. The first kappa shape index (κ1) is 19.1. The first-order chi connectivity index (χ1) is 12.8. The normalized spacial score (nSPS) is 12.0. The van der Waals surface area contributed by atoms with Crippen LogP contribution in [0.4, 0.5) is 5.69 Å². The Hall–Kier alpha value is -2.67.